The molecule has 0 aromatic rings. The highest BCUT2D eigenvalue weighted by atomic mass is 16.6. The maximum atomic E-state index is 12.2. The molecule has 3 aliphatic carbocycles. The number of hydrogen-bond acceptors (Lipinski definition) is 3. The van der Waals surface area contributed by atoms with Crippen molar-refractivity contribution in [3.8, 4) is 0 Å². The monoisotopic (exact) mass is 234 g/mol. The van der Waals surface area contributed by atoms with Crippen LogP contribution in [0.1, 0.15) is 39.5 Å². The summed E-state index contributed by atoms with van der Waals surface area (Å²) in [5, 5.41) is 0. The zero-order chi connectivity index (χ0) is 12.3. The van der Waals surface area contributed by atoms with Crippen LogP contribution in [0, 0.1) is 22.7 Å². The lowest BCUT2D eigenvalue weighted by Crippen LogP contribution is -2.57. The fourth-order valence-corrected chi connectivity index (χ4v) is 4.68. The summed E-state index contributed by atoms with van der Waals surface area (Å²) in [7, 11) is 0. The van der Waals surface area contributed by atoms with Crippen molar-refractivity contribution in [2.45, 2.75) is 39.5 Å². The molecular weight excluding hydrogens is 216 g/mol. The van der Waals surface area contributed by atoms with Crippen LogP contribution >= 0.6 is 0 Å². The Kier molecular flexibility index (Phi) is 2.08. The molecule has 1 heterocycles. The molecule has 1 aliphatic heterocycles. The third kappa shape index (κ3) is 0.917. The van der Waals surface area contributed by atoms with E-state index in [2.05, 4.69) is 12.2 Å². The largest absolute Gasteiger partial charge is 0.392 e. The van der Waals surface area contributed by atoms with E-state index in [0.717, 1.165) is 12.8 Å². The summed E-state index contributed by atoms with van der Waals surface area (Å²) in [6.45, 7) is 4.03. The Morgan fingerprint density at radius 1 is 1.06 bits per heavy atom. The lowest BCUT2D eigenvalue weighted by Gasteiger charge is -2.54. The molecule has 4 unspecified atom stereocenters. The van der Waals surface area contributed by atoms with Crippen LogP contribution in [0.4, 0.5) is 0 Å². The second-order valence-electron chi connectivity index (χ2n) is 5.50. The van der Waals surface area contributed by atoms with Crippen molar-refractivity contribution in [1.82, 2.24) is 0 Å². The van der Waals surface area contributed by atoms with Gasteiger partial charge in [0.15, 0.2) is 0 Å². The normalized spacial score (nSPS) is 47.2. The summed E-state index contributed by atoms with van der Waals surface area (Å²) in [5.41, 5.74) is -1.15. The Labute approximate surface area is 101 Å². The number of cyclic esters (lactones) is 2. The molecule has 2 bridgehead atoms. The molecule has 17 heavy (non-hydrogen) atoms. The van der Waals surface area contributed by atoms with Gasteiger partial charge >= 0.3 is 11.9 Å². The number of allylic oxidation sites excluding steroid dienone is 2. The highest BCUT2D eigenvalue weighted by Gasteiger charge is 2.73. The molecule has 4 atom stereocenters. The summed E-state index contributed by atoms with van der Waals surface area (Å²) in [4.78, 5) is 24.5. The average Bonchev–Trinajstić information content (AvgIpc) is 2.61. The number of carbonyl (C=O) groups is 2. The zero-order valence-electron chi connectivity index (χ0n) is 10.4. The number of esters is 2. The van der Waals surface area contributed by atoms with Gasteiger partial charge in [0, 0.05) is 0 Å². The van der Waals surface area contributed by atoms with Crippen LogP contribution in [0.5, 0.6) is 0 Å². The minimum absolute atomic E-state index is 0.191. The average molecular weight is 234 g/mol. The third-order valence-electron chi connectivity index (χ3n) is 5.46. The van der Waals surface area contributed by atoms with Crippen molar-refractivity contribution in [2.24, 2.45) is 22.7 Å². The molecule has 0 aromatic heterocycles. The topological polar surface area (TPSA) is 43.4 Å². The lowest BCUT2D eigenvalue weighted by atomic mass is 9.44. The second kappa shape index (κ2) is 3.21. The predicted molar refractivity (Wildman–Crippen MR) is 61.9 cm³/mol. The fourth-order valence-electron chi connectivity index (χ4n) is 4.68. The van der Waals surface area contributed by atoms with Crippen LogP contribution in [0.25, 0.3) is 0 Å². The molecule has 92 valence electrons. The highest BCUT2D eigenvalue weighted by Crippen LogP contribution is 2.67. The van der Waals surface area contributed by atoms with E-state index < -0.39 is 10.8 Å². The molecule has 0 N–H and O–H groups in total. The van der Waals surface area contributed by atoms with Crippen LogP contribution in [0.3, 0.4) is 0 Å². The van der Waals surface area contributed by atoms with Crippen molar-refractivity contribution >= 4 is 11.9 Å². The summed E-state index contributed by atoms with van der Waals surface area (Å²) >= 11 is 0. The minimum atomic E-state index is -0.573. The quantitative estimate of drug-likeness (QED) is 0.419. The van der Waals surface area contributed by atoms with Crippen LogP contribution in [0.15, 0.2) is 12.2 Å². The fraction of sp³-hybridized carbons (Fsp3) is 0.714. The summed E-state index contributed by atoms with van der Waals surface area (Å²) < 4.78 is 5.06. The van der Waals surface area contributed by atoms with E-state index in [1.165, 1.54) is 0 Å². The molecule has 2 fully saturated rings. The Morgan fingerprint density at radius 3 is 1.76 bits per heavy atom. The third-order valence-corrected chi connectivity index (χ3v) is 5.46. The van der Waals surface area contributed by atoms with Gasteiger partial charge in [-0.15, -0.1) is 0 Å². The van der Waals surface area contributed by atoms with Gasteiger partial charge in [0.05, 0.1) is 10.8 Å². The number of ether oxygens (including phenoxy) is 1. The van der Waals surface area contributed by atoms with Crippen LogP contribution in [0.2, 0.25) is 0 Å². The van der Waals surface area contributed by atoms with E-state index in [1.807, 2.05) is 13.8 Å². The number of fused-ring (bicyclic) bond motifs is 1. The van der Waals surface area contributed by atoms with Gasteiger partial charge in [-0.25, -0.2) is 0 Å². The summed E-state index contributed by atoms with van der Waals surface area (Å²) in [6, 6.07) is 0. The van der Waals surface area contributed by atoms with Crippen LogP contribution in [-0.4, -0.2) is 11.9 Å². The zero-order valence-corrected chi connectivity index (χ0v) is 10.4. The van der Waals surface area contributed by atoms with E-state index in [1.54, 1.807) is 0 Å². The standard InChI is InChI=1S/C14H18O3/c1-3-13-9-5-7-10(8-6-9)14(13,4-2)12(16)17-11(13)15/h5,7,9-10H,3-4,6,8H2,1-2H3. The van der Waals surface area contributed by atoms with Crippen molar-refractivity contribution in [2.75, 3.05) is 0 Å². The van der Waals surface area contributed by atoms with Gasteiger partial charge in [-0.3, -0.25) is 9.59 Å². The smallest absolute Gasteiger partial charge is 0.321 e. The molecule has 0 spiro atoms. The lowest BCUT2D eigenvalue weighted by molar-refractivity contribution is -0.156. The van der Waals surface area contributed by atoms with Crippen LogP contribution in [-0.2, 0) is 14.3 Å². The summed E-state index contributed by atoms with van der Waals surface area (Å²) in [6.07, 6.45) is 7.73. The molecule has 4 aliphatic rings. The van der Waals surface area contributed by atoms with Crippen molar-refractivity contribution in [1.29, 1.82) is 0 Å². The Morgan fingerprint density at radius 2 is 1.47 bits per heavy atom. The Bertz CT molecular complexity index is 387. The van der Waals surface area contributed by atoms with Crippen molar-refractivity contribution in [3.05, 3.63) is 12.2 Å². The molecule has 1 saturated carbocycles. The van der Waals surface area contributed by atoms with Gasteiger partial charge in [0.2, 0.25) is 0 Å². The van der Waals surface area contributed by atoms with E-state index >= 15 is 0 Å². The van der Waals surface area contributed by atoms with Crippen LogP contribution < -0.4 is 0 Å². The second-order valence-corrected chi connectivity index (χ2v) is 5.50. The van der Waals surface area contributed by atoms with Crippen molar-refractivity contribution in [3.63, 3.8) is 0 Å². The molecule has 3 nitrogen and oxygen atoms in total. The first-order chi connectivity index (χ1) is 8.13. The van der Waals surface area contributed by atoms with E-state index in [-0.39, 0.29) is 23.8 Å². The molecular formula is C14H18O3. The first kappa shape index (κ1) is 11.0. The maximum Gasteiger partial charge on any atom is 0.321 e. The summed E-state index contributed by atoms with van der Waals surface area (Å²) in [5.74, 6) is -0.162. The number of carbonyl (C=O) groups excluding carboxylic acids is 2. The minimum Gasteiger partial charge on any atom is -0.392 e. The molecule has 1 saturated heterocycles. The number of hydrogen-bond donors (Lipinski definition) is 0. The van der Waals surface area contributed by atoms with Gasteiger partial charge in [-0.2, -0.15) is 0 Å². The van der Waals surface area contributed by atoms with Crippen molar-refractivity contribution < 1.29 is 14.3 Å². The van der Waals surface area contributed by atoms with Gasteiger partial charge in [0.25, 0.3) is 0 Å². The SMILES string of the molecule is CCC12C(=O)OC(=O)C1(CC)C1C=CC2CC1. The number of rotatable bonds is 2. The molecule has 3 heteroatoms. The van der Waals surface area contributed by atoms with E-state index in [0.29, 0.717) is 12.8 Å². The molecule has 0 aromatic carbocycles. The van der Waals surface area contributed by atoms with Gasteiger partial charge < -0.3 is 4.74 Å². The molecule has 0 radical (unpaired) electrons. The highest BCUT2D eigenvalue weighted by molar-refractivity contribution is 6.03. The maximum absolute atomic E-state index is 12.2. The predicted octanol–water partition coefficient (Wildman–Crippen LogP) is 2.46. The first-order valence-electron chi connectivity index (χ1n) is 6.58. The van der Waals surface area contributed by atoms with Gasteiger partial charge in [-0.1, -0.05) is 26.0 Å². The van der Waals surface area contributed by atoms with E-state index in [9.17, 15) is 9.59 Å². The molecule has 0 amide bonds. The Hall–Kier alpha value is -1.12. The molecule has 4 rings (SSSR count). The van der Waals surface area contributed by atoms with Gasteiger partial charge in [-0.05, 0) is 37.5 Å². The Balaban J connectivity index is 2.27. The van der Waals surface area contributed by atoms with Gasteiger partial charge in [0.1, 0.15) is 0 Å². The first-order valence-corrected chi connectivity index (χ1v) is 6.58. The van der Waals surface area contributed by atoms with E-state index in [4.69, 9.17) is 4.74 Å².